The molecular formula is C22H25Cl2FN2O. The SMILES string of the molecule is CC(C)(C)CC1NCC(c2cccc(Cl)c2)[C@@H]1C(=O)Nc1ccc(F)c(Cl)c1. The van der Waals surface area contributed by atoms with Crippen molar-refractivity contribution in [3.05, 3.63) is 63.9 Å². The van der Waals surface area contributed by atoms with Crippen molar-refractivity contribution >= 4 is 34.8 Å². The van der Waals surface area contributed by atoms with E-state index in [2.05, 4.69) is 31.4 Å². The highest BCUT2D eigenvalue weighted by atomic mass is 35.5. The van der Waals surface area contributed by atoms with Gasteiger partial charge in [-0.2, -0.15) is 0 Å². The van der Waals surface area contributed by atoms with Gasteiger partial charge in [0.05, 0.1) is 10.9 Å². The van der Waals surface area contributed by atoms with Gasteiger partial charge in [0.2, 0.25) is 5.91 Å². The van der Waals surface area contributed by atoms with Crippen LogP contribution in [0.25, 0.3) is 0 Å². The Balaban J connectivity index is 1.89. The highest BCUT2D eigenvalue weighted by Crippen LogP contribution is 2.38. The Bertz CT molecular complexity index is 866. The topological polar surface area (TPSA) is 41.1 Å². The summed E-state index contributed by atoms with van der Waals surface area (Å²) in [6.45, 7) is 7.19. The second-order valence-electron chi connectivity index (χ2n) is 8.58. The number of carbonyl (C=O) groups excluding carboxylic acids is 1. The van der Waals surface area contributed by atoms with Crippen molar-refractivity contribution in [2.24, 2.45) is 11.3 Å². The van der Waals surface area contributed by atoms with Gasteiger partial charge in [0.15, 0.2) is 0 Å². The molecule has 1 aliphatic heterocycles. The van der Waals surface area contributed by atoms with E-state index in [4.69, 9.17) is 23.2 Å². The summed E-state index contributed by atoms with van der Waals surface area (Å²) >= 11 is 12.0. The molecule has 0 aromatic heterocycles. The smallest absolute Gasteiger partial charge is 0.229 e. The van der Waals surface area contributed by atoms with Crippen molar-refractivity contribution in [1.82, 2.24) is 5.32 Å². The maximum absolute atomic E-state index is 13.4. The minimum Gasteiger partial charge on any atom is -0.326 e. The van der Waals surface area contributed by atoms with E-state index >= 15 is 0 Å². The minimum absolute atomic E-state index is 0.00182. The molecule has 3 nitrogen and oxygen atoms in total. The van der Waals surface area contributed by atoms with E-state index < -0.39 is 5.82 Å². The van der Waals surface area contributed by atoms with E-state index in [1.165, 1.54) is 18.2 Å². The molecule has 1 amide bonds. The van der Waals surface area contributed by atoms with E-state index in [9.17, 15) is 9.18 Å². The van der Waals surface area contributed by atoms with Crippen LogP contribution in [-0.2, 0) is 4.79 Å². The van der Waals surface area contributed by atoms with Crippen LogP contribution in [0.5, 0.6) is 0 Å². The number of rotatable bonds is 4. The number of halogens is 3. The molecule has 2 aromatic carbocycles. The van der Waals surface area contributed by atoms with E-state index in [0.717, 1.165) is 12.0 Å². The van der Waals surface area contributed by atoms with Crippen LogP contribution in [0.3, 0.4) is 0 Å². The van der Waals surface area contributed by atoms with Gasteiger partial charge >= 0.3 is 0 Å². The van der Waals surface area contributed by atoms with E-state index in [-0.39, 0.29) is 34.2 Å². The zero-order valence-corrected chi connectivity index (χ0v) is 17.7. The Kier molecular flexibility index (Phi) is 6.33. The Morgan fingerprint density at radius 1 is 1.21 bits per heavy atom. The van der Waals surface area contributed by atoms with Crippen LogP contribution in [-0.4, -0.2) is 18.5 Å². The van der Waals surface area contributed by atoms with Crippen molar-refractivity contribution in [2.75, 3.05) is 11.9 Å². The summed E-state index contributed by atoms with van der Waals surface area (Å²) in [7, 11) is 0. The molecule has 0 saturated carbocycles. The first-order chi connectivity index (χ1) is 13.1. The third-order valence-corrected chi connectivity index (χ3v) is 5.59. The molecule has 6 heteroatoms. The summed E-state index contributed by atoms with van der Waals surface area (Å²) in [5.41, 5.74) is 1.59. The maximum atomic E-state index is 13.4. The van der Waals surface area contributed by atoms with Crippen LogP contribution >= 0.6 is 23.2 Å². The van der Waals surface area contributed by atoms with E-state index in [0.29, 0.717) is 17.3 Å². The molecule has 1 heterocycles. The average Bonchev–Trinajstić information content (AvgIpc) is 3.00. The number of nitrogens with one attached hydrogen (secondary N) is 2. The fourth-order valence-electron chi connectivity index (χ4n) is 3.90. The molecule has 3 rings (SSSR count). The third kappa shape index (κ3) is 5.05. The van der Waals surface area contributed by atoms with Gasteiger partial charge in [0.1, 0.15) is 5.82 Å². The number of anilines is 1. The first-order valence-corrected chi connectivity index (χ1v) is 10.1. The Hall–Kier alpha value is -1.62. The molecule has 150 valence electrons. The van der Waals surface area contributed by atoms with Crippen LogP contribution in [0.1, 0.15) is 38.7 Å². The molecule has 28 heavy (non-hydrogen) atoms. The zero-order chi connectivity index (χ0) is 20.5. The summed E-state index contributed by atoms with van der Waals surface area (Å²) in [4.78, 5) is 13.3. The number of hydrogen-bond acceptors (Lipinski definition) is 2. The molecule has 1 fully saturated rings. The van der Waals surface area contributed by atoms with Gasteiger partial charge in [-0.15, -0.1) is 0 Å². The maximum Gasteiger partial charge on any atom is 0.229 e. The van der Waals surface area contributed by atoms with E-state index in [1.54, 1.807) is 0 Å². The van der Waals surface area contributed by atoms with E-state index in [1.807, 2.05) is 24.3 Å². The fourth-order valence-corrected chi connectivity index (χ4v) is 4.28. The van der Waals surface area contributed by atoms with Gasteiger partial charge in [0.25, 0.3) is 0 Å². The Morgan fingerprint density at radius 2 is 1.96 bits per heavy atom. The molecule has 1 saturated heterocycles. The number of benzene rings is 2. The normalized spacial score (nSPS) is 22.3. The van der Waals surface area contributed by atoms with Gasteiger partial charge < -0.3 is 10.6 Å². The van der Waals surface area contributed by atoms with Crippen LogP contribution in [0.15, 0.2) is 42.5 Å². The number of carbonyl (C=O) groups is 1. The van der Waals surface area contributed by atoms with Crippen molar-refractivity contribution in [3.8, 4) is 0 Å². The molecule has 2 unspecified atom stereocenters. The Morgan fingerprint density at radius 3 is 2.61 bits per heavy atom. The minimum atomic E-state index is -0.510. The quantitative estimate of drug-likeness (QED) is 0.645. The second-order valence-corrected chi connectivity index (χ2v) is 9.43. The molecule has 1 aliphatic rings. The van der Waals surface area contributed by atoms with Crippen LogP contribution in [0, 0.1) is 17.2 Å². The molecule has 0 bridgehead atoms. The summed E-state index contributed by atoms with van der Waals surface area (Å²) in [5.74, 6) is -0.889. The molecule has 3 atom stereocenters. The highest BCUT2D eigenvalue weighted by Gasteiger charge is 2.42. The molecule has 0 radical (unpaired) electrons. The second kappa shape index (κ2) is 8.40. The van der Waals surface area contributed by atoms with Gasteiger partial charge in [-0.05, 0) is 47.7 Å². The predicted octanol–water partition coefficient (Wildman–Crippen LogP) is 5.88. The molecule has 2 aromatic rings. The van der Waals surface area contributed by atoms with Crippen molar-refractivity contribution < 1.29 is 9.18 Å². The molecule has 0 spiro atoms. The predicted molar refractivity (Wildman–Crippen MR) is 114 cm³/mol. The first kappa shape index (κ1) is 21.1. The lowest BCUT2D eigenvalue weighted by molar-refractivity contribution is -0.120. The van der Waals surface area contributed by atoms with Crippen LogP contribution in [0.4, 0.5) is 10.1 Å². The van der Waals surface area contributed by atoms with Gasteiger partial charge in [-0.3, -0.25) is 4.79 Å². The summed E-state index contributed by atoms with van der Waals surface area (Å²) in [5, 5.41) is 7.09. The molecule has 0 aliphatic carbocycles. The number of hydrogen-bond donors (Lipinski definition) is 2. The number of amides is 1. The van der Waals surface area contributed by atoms with Crippen molar-refractivity contribution in [2.45, 2.75) is 39.2 Å². The first-order valence-electron chi connectivity index (χ1n) is 9.39. The standard InChI is InChI=1S/C22H25Cl2FN2O/c1-22(2,3)11-19-20(16(12-26-19)13-5-4-6-14(23)9-13)21(28)27-15-7-8-18(25)17(24)10-15/h4-10,16,19-20,26H,11-12H2,1-3H3,(H,27,28)/t16?,19?,20-/m0/s1. The van der Waals surface area contributed by atoms with Crippen LogP contribution < -0.4 is 10.6 Å². The largest absolute Gasteiger partial charge is 0.326 e. The lowest BCUT2D eigenvalue weighted by atomic mass is 9.78. The lowest BCUT2D eigenvalue weighted by Gasteiger charge is -2.29. The van der Waals surface area contributed by atoms with Gasteiger partial charge in [-0.1, -0.05) is 56.1 Å². The fraction of sp³-hybridized carbons (Fsp3) is 0.409. The molecular weight excluding hydrogens is 398 g/mol. The third-order valence-electron chi connectivity index (χ3n) is 5.07. The van der Waals surface area contributed by atoms with Crippen molar-refractivity contribution in [3.63, 3.8) is 0 Å². The Labute approximate surface area is 175 Å². The molecule has 2 N–H and O–H groups in total. The summed E-state index contributed by atoms with van der Waals surface area (Å²) in [6.07, 6.45) is 0.853. The zero-order valence-electron chi connectivity index (χ0n) is 16.2. The highest BCUT2D eigenvalue weighted by molar-refractivity contribution is 6.31. The van der Waals surface area contributed by atoms with Crippen LogP contribution in [0.2, 0.25) is 10.0 Å². The summed E-state index contributed by atoms with van der Waals surface area (Å²) < 4.78 is 13.4. The van der Waals surface area contributed by atoms with Gasteiger partial charge in [0, 0.05) is 29.2 Å². The lowest BCUT2D eigenvalue weighted by Crippen LogP contribution is -2.38. The summed E-state index contributed by atoms with van der Waals surface area (Å²) in [6, 6.07) is 11.9. The average molecular weight is 423 g/mol. The van der Waals surface area contributed by atoms with Gasteiger partial charge in [-0.25, -0.2) is 4.39 Å². The van der Waals surface area contributed by atoms with Crippen molar-refractivity contribution in [1.29, 1.82) is 0 Å². The monoisotopic (exact) mass is 422 g/mol.